The predicted octanol–water partition coefficient (Wildman–Crippen LogP) is 3.50. The maximum absolute atomic E-state index is 11.9. The second-order valence-corrected chi connectivity index (χ2v) is 7.23. The molecule has 0 saturated heterocycles. The number of carbonyl (C=O) groups excluding carboxylic acids is 2. The van der Waals surface area contributed by atoms with E-state index < -0.39 is 5.97 Å². The van der Waals surface area contributed by atoms with Crippen molar-refractivity contribution in [1.29, 1.82) is 0 Å². The van der Waals surface area contributed by atoms with Crippen LogP contribution in [-0.4, -0.2) is 17.9 Å². The minimum atomic E-state index is -0.611. The van der Waals surface area contributed by atoms with E-state index >= 15 is 0 Å². The zero-order valence-corrected chi connectivity index (χ0v) is 12.6. The molecular formula is C16H26O3. The third-order valence-electron chi connectivity index (χ3n) is 5.35. The molecule has 2 saturated carbocycles. The molecule has 0 unspecified atom stereocenters. The van der Waals surface area contributed by atoms with Crippen molar-refractivity contribution in [2.45, 2.75) is 72.3 Å². The van der Waals surface area contributed by atoms with Crippen molar-refractivity contribution in [3.05, 3.63) is 0 Å². The Labute approximate surface area is 116 Å². The molecule has 0 aliphatic heterocycles. The fraction of sp³-hybridized carbons (Fsp3) is 0.875. The Hall–Kier alpha value is -0.860. The number of esters is 1. The normalized spacial score (nSPS) is 35.4. The highest BCUT2D eigenvalue weighted by molar-refractivity contribution is 6.33. The van der Waals surface area contributed by atoms with Crippen molar-refractivity contribution in [3.8, 4) is 0 Å². The van der Waals surface area contributed by atoms with E-state index in [2.05, 4.69) is 20.8 Å². The molecule has 0 aromatic carbocycles. The van der Waals surface area contributed by atoms with Gasteiger partial charge in [0.1, 0.15) is 6.10 Å². The van der Waals surface area contributed by atoms with Crippen molar-refractivity contribution in [3.63, 3.8) is 0 Å². The number of carbonyl (C=O) groups is 2. The first kappa shape index (κ1) is 14.5. The smallest absolute Gasteiger partial charge is 0.374 e. The fourth-order valence-electron chi connectivity index (χ4n) is 4.16. The number of hydrogen-bond donors (Lipinski definition) is 0. The van der Waals surface area contributed by atoms with Gasteiger partial charge in [-0.1, -0.05) is 34.1 Å². The van der Waals surface area contributed by atoms with Gasteiger partial charge in [-0.2, -0.15) is 0 Å². The van der Waals surface area contributed by atoms with Crippen LogP contribution in [0.1, 0.15) is 66.2 Å². The molecule has 0 radical (unpaired) electrons. The van der Waals surface area contributed by atoms with Crippen LogP contribution >= 0.6 is 0 Å². The minimum Gasteiger partial charge on any atom is -0.455 e. The van der Waals surface area contributed by atoms with Gasteiger partial charge >= 0.3 is 5.97 Å². The van der Waals surface area contributed by atoms with Gasteiger partial charge in [0.25, 0.3) is 0 Å². The summed E-state index contributed by atoms with van der Waals surface area (Å²) in [4.78, 5) is 23.7. The lowest BCUT2D eigenvalue weighted by Gasteiger charge is -2.41. The zero-order valence-electron chi connectivity index (χ0n) is 12.6. The van der Waals surface area contributed by atoms with Crippen molar-refractivity contribution >= 4 is 11.8 Å². The summed E-state index contributed by atoms with van der Waals surface area (Å²) in [7, 11) is 0. The number of Topliss-reactive ketones (excluding diaryl/α,β-unsaturated/α-hetero) is 1. The van der Waals surface area contributed by atoms with Gasteiger partial charge in [-0.25, -0.2) is 4.79 Å². The molecule has 2 aliphatic carbocycles. The van der Waals surface area contributed by atoms with Crippen LogP contribution in [0, 0.1) is 16.7 Å². The highest BCUT2D eigenvalue weighted by Crippen LogP contribution is 2.63. The first-order valence-electron chi connectivity index (χ1n) is 7.55. The number of unbranched alkanes of at least 4 members (excludes halogenated alkanes) is 1. The molecule has 3 heteroatoms. The van der Waals surface area contributed by atoms with Gasteiger partial charge in [-0.05, 0) is 31.6 Å². The first-order valence-corrected chi connectivity index (χ1v) is 7.55. The highest BCUT2D eigenvalue weighted by atomic mass is 16.6. The molecule has 2 bridgehead atoms. The summed E-state index contributed by atoms with van der Waals surface area (Å²) < 4.78 is 5.63. The van der Waals surface area contributed by atoms with Crippen LogP contribution in [0.2, 0.25) is 0 Å². The topological polar surface area (TPSA) is 43.4 Å². The van der Waals surface area contributed by atoms with Crippen LogP contribution in [0.15, 0.2) is 0 Å². The van der Waals surface area contributed by atoms with Crippen LogP contribution in [0.5, 0.6) is 0 Å². The summed E-state index contributed by atoms with van der Waals surface area (Å²) in [5, 5.41) is 0. The van der Waals surface area contributed by atoms with Gasteiger partial charge in [-0.15, -0.1) is 0 Å². The Balaban J connectivity index is 2.02. The van der Waals surface area contributed by atoms with E-state index in [0.29, 0.717) is 12.3 Å². The average Bonchev–Trinajstić information content (AvgIpc) is 2.82. The molecular weight excluding hydrogens is 240 g/mol. The SMILES string of the molecule is CCCCC(=O)C(=O)O[C@@H]1C(C)(C)[C@H]2CC[C@]1(C)C2. The molecule has 3 nitrogen and oxygen atoms in total. The van der Waals surface area contributed by atoms with Gasteiger partial charge < -0.3 is 4.74 Å². The minimum absolute atomic E-state index is 0.00764. The molecule has 19 heavy (non-hydrogen) atoms. The maximum Gasteiger partial charge on any atom is 0.374 e. The molecule has 2 aliphatic rings. The van der Waals surface area contributed by atoms with Gasteiger partial charge in [0.15, 0.2) is 0 Å². The van der Waals surface area contributed by atoms with E-state index in [0.717, 1.165) is 25.7 Å². The van der Waals surface area contributed by atoms with Gasteiger partial charge in [0, 0.05) is 17.3 Å². The van der Waals surface area contributed by atoms with Gasteiger partial charge in [0.05, 0.1) is 0 Å². The van der Waals surface area contributed by atoms with E-state index in [-0.39, 0.29) is 22.7 Å². The molecule has 0 aromatic heterocycles. The maximum atomic E-state index is 11.9. The lowest BCUT2D eigenvalue weighted by atomic mass is 9.70. The highest BCUT2D eigenvalue weighted by Gasteiger charge is 2.61. The molecule has 3 atom stereocenters. The fourth-order valence-corrected chi connectivity index (χ4v) is 4.16. The Morgan fingerprint density at radius 2 is 1.95 bits per heavy atom. The largest absolute Gasteiger partial charge is 0.455 e. The molecule has 108 valence electrons. The summed E-state index contributed by atoms with van der Waals surface area (Å²) >= 11 is 0. The van der Waals surface area contributed by atoms with E-state index in [9.17, 15) is 9.59 Å². The van der Waals surface area contributed by atoms with Crippen LogP contribution in [0.3, 0.4) is 0 Å². The summed E-state index contributed by atoms with van der Waals surface area (Å²) in [5.74, 6) is -0.342. The van der Waals surface area contributed by atoms with Gasteiger partial charge in [0.2, 0.25) is 5.78 Å². The monoisotopic (exact) mass is 266 g/mol. The zero-order chi connectivity index (χ0) is 14.3. The Kier molecular flexibility index (Phi) is 3.76. The summed E-state index contributed by atoms with van der Waals surface area (Å²) in [6.45, 7) is 8.57. The predicted molar refractivity (Wildman–Crippen MR) is 73.6 cm³/mol. The molecule has 0 amide bonds. The van der Waals surface area contributed by atoms with Crippen LogP contribution in [0.4, 0.5) is 0 Å². The number of ketones is 1. The van der Waals surface area contributed by atoms with Crippen LogP contribution < -0.4 is 0 Å². The summed E-state index contributed by atoms with van der Waals surface area (Å²) in [6, 6.07) is 0. The number of ether oxygens (including phenoxy) is 1. The van der Waals surface area contributed by atoms with Crippen LogP contribution in [-0.2, 0) is 14.3 Å². The van der Waals surface area contributed by atoms with Crippen molar-refractivity contribution < 1.29 is 14.3 Å². The average molecular weight is 266 g/mol. The van der Waals surface area contributed by atoms with E-state index in [4.69, 9.17) is 4.74 Å². The van der Waals surface area contributed by atoms with Crippen LogP contribution in [0.25, 0.3) is 0 Å². The van der Waals surface area contributed by atoms with Crippen molar-refractivity contribution in [2.24, 2.45) is 16.7 Å². The number of rotatable bonds is 5. The summed E-state index contributed by atoms with van der Waals surface area (Å²) in [5.41, 5.74) is 0.0859. The second-order valence-electron chi connectivity index (χ2n) is 7.23. The second kappa shape index (κ2) is 4.92. The lowest BCUT2D eigenvalue weighted by Crippen LogP contribution is -2.44. The molecule has 0 spiro atoms. The standard InChI is InChI=1S/C16H26O3/c1-5-6-7-12(17)13(18)19-14-15(2,3)11-8-9-16(14,4)10-11/h11,14H,5-10H2,1-4H3/t11-,14+,16+/m0/s1. The molecule has 2 rings (SSSR count). The van der Waals surface area contributed by atoms with Gasteiger partial charge in [-0.3, -0.25) is 4.79 Å². The molecule has 0 aromatic rings. The Bertz CT molecular complexity index is 381. The Morgan fingerprint density at radius 1 is 1.26 bits per heavy atom. The Morgan fingerprint density at radius 3 is 2.47 bits per heavy atom. The lowest BCUT2D eigenvalue weighted by molar-refractivity contribution is -0.169. The molecule has 0 heterocycles. The van der Waals surface area contributed by atoms with Crippen molar-refractivity contribution in [1.82, 2.24) is 0 Å². The molecule has 0 N–H and O–H groups in total. The molecule has 2 fully saturated rings. The third kappa shape index (κ3) is 2.44. The van der Waals surface area contributed by atoms with E-state index in [1.165, 1.54) is 6.42 Å². The van der Waals surface area contributed by atoms with E-state index in [1.54, 1.807) is 0 Å². The van der Waals surface area contributed by atoms with E-state index in [1.807, 2.05) is 6.92 Å². The number of hydrogen-bond acceptors (Lipinski definition) is 3. The quantitative estimate of drug-likeness (QED) is 0.565. The first-order chi connectivity index (χ1) is 8.81. The number of fused-ring (bicyclic) bond motifs is 2. The van der Waals surface area contributed by atoms with Crippen molar-refractivity contribution in [2.75, 3.05) is 0 Å². The summed E-state index contributed by atoms with van der Waals surface area (Å²) in [6.07, 6.45) is 5.37. The third-order valence-corrected chi connectivity index (χ3v) is 5.35.